The van der Waals surface area contributed by atoms with Crippen LogP contribution in [0.4, 0.5) is 20.7 Å². The number of carbonyl (C=O) groups is 2. The number of aromatic amines is 1. The van der Waals surface area contributed by atoms with Crippen molar-refractivity contribution in [1.82, 2.24) is 29.8 Å². The SMILES string of the molecule is Cc1ncc(Oc2nc(N3C[C@H]4C[C@@H]3C[C@H]4N)c3c(n2)[nH]c2c(N(C)C(=O)OCOC(=O)CN(C)C)cc(F)cc23)cn1. The highest BCUT2D eigenvalue weighted by Gasteiger charge is 2.44. The summed E-state index contributed by atoms with van der Waals surface area (Å²) >= 11 is 0. The minimum atomic E-state index is -0.844. The smallest absolute Gasteiger partial charge is 0.416 e. The number of fused-ring (bicyclic) bond motifs is 5. The highest BCUT2D eigenvalue weighted by atomic mass is 19.1. The summed E-state index contributed by atoms with van der Waals surface area (Å²) in [4.78, 5) is 50.5. The second-order valence-corrected chi connectivity index (χ2v) is 11.1. The Hall–Kier alpha value is -4.63. The summed E-state index contributed by atoms with van der Waals surface area (Å²) in [7, 11) is 4.85. The van der Waals surface area contributed by atoms with Crippen LogP contribution in [0.5, 0.6) is 11.8 Å². The summed E-state index contributed by atoms with van der Waals surface area (Å²) in [6.07, 6.45) is 3.97. The van der Waals surface area contributed by atoms with Crippen LogP contribution in [0.15, 0.2) is 24.5 Å². The van der Waals surface area contributed by atoms with Crippen LogP contribution in [0.3, 0.4) is 0 Å². The van der Waals surface area contributed by atoms with Gasteiger partial charge < -0.3 is 29.8 Å². The van der Waals surface area contributed by atoms with E-state index in [1.165, 1.54) is 31.6 Å². The fourth-order valence-electron chi connectivity index (χ4n) is 5.76. The second-order valence-electron chi connectivity index (χ2n) is 11.1. The molecule has 1 saturated carbocycles. The lowest BCUT2D eigenvalue weighted by molar-refractivity contribution is -0.152. The average Bonchev–Trinajstić information content (AvgIpc) is 3.64. The molecule has 2 aliphatic rings. The third kappa shape index (κ3) is 5.60. The largest absolute Gasteiger partial charge is 0.427 e. The van der Waals surface area contributed by atoms with Gasteiger partial charge in [-0.05, 0) is 51.9 Å². The van der Waals surface area contributed by atoms with Crippen molar-refractivity contribution in [2.75, 3.05) is 50.8 Å². The van der Waals surface area contributed by atoms with E-state index in [-0.39, 0.29) is 30.3 Å². The molecule has 6 rings (SSSR count). The van der Waals surface area contributed by atoms with Crippen molar-refractivity contribution in [3.05, 3.63) is 36.2 Å². The summed E-state index contributed by atoms with van der Waals surface area (Å²) in [6, 6.07) is 2.93. The number of benzene rings is 1. The van der Waals surface area contributed by atoms with Crippen LogP contribution in [0.2, 0.25) is 0 Å². The molecule has 0 spiro atoms. The Morgan fingerprint density at radius 3 is 2.58 bits per heavy atom. The summed E-state index contributed by atoms with van der Waals surface area (Å²) < 4.78 is 31.2. The van der Waals surface area contributed by atoms with Crippen LogP contribution in [0.1, 0.15) is 18.7 Å². The van der Waals surface area contributed by atoms with Gasteiger partial charge in [0.15, 0.2) is 5.75 Å². The lowest BCUT2D eigenvalue weighted by atomic mass is 10.0. The van der Waals surface area contributed by atoms with Gasteiger partial charge in [-0.25, -0.2) is 19.2 Å². The molecule has 226 valence electrons. The van der Waals surface area contributed by atoms with E-state index in [4.69, 9.17) is 24.9 Å². The minimum absolute atomic E-state index is 0.0313. The van der Waals surface area contributed by atoms with Gasteiger partial charge in [0, 0.05) is 31.1 Å². The molecule has 3 atom stereocenters. The average molecular weight is 594 g/mol. The number of aromatic nitrogens is 5. The Morgan fingerprint density at radius 1 is 1.14 bits per heavy atom. The maximum atomic E-state index is 15.1. The predicted octanol–water partition coefficient (Wildman–Crippen LogP) is 2.70. The first kappa shape index (κ1) is 28.5. The molecule has 4 heterocycles. The molecule has 15 heteroatoms. The molecule has 14 nitrogen and oxygen atoms in total. The summed E-state index contributed by atoms with van der Waals surface area (Å²) in [5, 5.41) is 1.07. The highest BCUT2D eigenvalue weighted by Crippen LogP contribution is 2.44. The molecule has 0 unspecified atom stereocenters. The molecular formula is C28H32FN9O5. The van der Waals surface area contributed by atoms with Crippen LogP contribution in [-0.4, -0.2) is 95.0 Å². The first-order chi connectivity index (χ1) is 20.6. The number of halogens is 1. The van der Waals surface area contributed by atoms with Crippen LogP contribution < -0.4 is 20.3 Å². The Bertz CT molecular complexity index is 1690. The number of amides is 1. The maximum absolute atomic E-state index is 15.1. The summed E-state index contributed by atoms with van der Waals surface area (Å²) in [5.41, 5.74) is 7.35. The van der Waals surface area contributed by atoms with Crippen molar-refractivity contribution in [1.29, 1.82) is 0 Å². The van der Waals surface area contributed by atoms with Crippen LogP contribution in [-0.2, 0) is 14.3 Å². The molecule has 2 fully saturated rings. The fourth-order valence-corrected chi connectivity index (χ4v) is 5.76. The number of anilines is 2. The van der Waals surface area contributed by atoms with E-state index < -0.39 is 24.7 Å². The molecule has 1 amide bonds. The molecule has 1 aromatic carbocycles. The van der Waals surface area contributed by atoms with Gasteiger partial charge in [-0.1, -0.05) is 0 Å². The standard InChI is InChI=1S/C28H32FN9O5/c1-14-31-9-18(10-32-14)43-27-34-25-23(26(35-27)38-11-15-5-17(38)8-20(15)30)19-6-16(29)7-21(24(19)33-25)37(4)28(40)42-13-41-22(39)12-36(2)3/h6-7,9-10,15,17,20H,5,8,11-13,30H2,1-4H3,(H,33,34,35)/t15-,17-,20-/m1/s1. The van der Waals surface area contributed by atoms with Gasteiger partial charge in [0.25, 0.3) is 0 Å². The van der Waals surface area contributed by atoms with E-state index in [1.54, 1.807) is 25.9 Å². The van der Waals surface area contributed by atoms with E-state index in [0.717, 1.165) is 17.7 Å². The lowest BCUT2D eigenvalue weighted by Gasteiger charge is -2.31. The van der Waals surface area contributed by atoms with Crippen molar-refractivity contribution in [3.63, 3.8) is 0 Å². The normalized spacial score (nSPS) is 19.4. The summed E-state index contributed by atoms with van der Waals surface area (Å²) in [6.45, 7) is 1.91. The lowest BCUT2D eigenvalue weighted by Crippen LogP contribution is -2.41. The van der Waals surface area contributed by atoms with E-state index in [9.17, 15) is 9.59 Å². The molecular weight excluding hydrogens is 561 g/mol. The zero-order valence-corrected chi connectivity index (χ0v) is 24.2. The predicted molar refractivity (Wildman–Crippen MR) is 154 cm³/mol. The number of carbonyl (C=O) groups excluding carboxylic acids is 2. The van der Waals surface area contributed by atoms with Crippen molar-refractivity contribution in [2.24, 2.45) is 11.7 Å². The van der Waals surface area contributed by atoms with Gasteiger partial charge in [-0.3, -0.25) is 14.6 Å². The summed E-state index contributed by atoms with van der Waals surface area (Å²) in [5.74, 6) is 0.713. The van der Waals surface area contributed by atoms with Crippen molar-refractivity contribution in [2.45, 2.75) is 31.8 Å². The van der Waals surface area contributed by atoms with Crippen LogP contribution in [0.25, 0.3) is 21.9 Å². The van der Waals surface area contributed by atoms with Gasteiger partial charge in [-0.2, -0.15) is 9.97 Å². The number of likely N-dealkylation sites (N-methyl/N-ethyl adjacent to an activating group) is 1. The zero-order valence-electron chi connectivity index (χ0n) is 24.2. The van der Waals surface area contributed by atoms with Crippen molar-refractivity contribution < 1.29 is 28.2 Å². The Labute approximate surface area is 245 Å². The molecule has 3 N–H and O–H groups in total. The van der Waals surface area contributed by atoms with E-state index in [0.29, 0.717) is 51.8 Å². The number of nitrogens with one attached hydrogen (secondary N) is 1. The number of hydrogen-bond donors (Lipinski definition) is 2. The Balaban J connectivity index is 1.38. The number of hydrogen-bond acceptors (Lipinski definition) is 12. The molecule has 43 heavy (non-hydrogen) atoms. The quantitative estimate of drug-likeness (QED) is 0.227. The number of ether oxygens (including phenoxy) is 3. The van der Waals surface area contributed by atoms with E-state index in [1.807, 2.05) is 0 Å². The fraction of sp³-hybridized carbons (Fsp3) is 0.429. The number of H-pyrrole nitrogens is 1. The number of esters is 1. The molecule has 1 aliphatic carbocycles. The molecule has 1 saturated heterocycles. The monoisotopic (exact) mass is 593 g/mol. The third-order valence-corrected chi connectivity index (χ3v) is 7.78. The molecule has 2 bridgehead atoms. The first-order valence-electron chi connectivity index (χ1n) is 13.8. The topological polar surface area (TPSA) is 165 Å². The highest BCUT2D eigenvalue weighted by molar-refractivity contribution is 6.16. The van der Waals surface area contributed by atoms with Gasteiger partial charge in [0.2, 0.25) is 6.79 Å². The Morgan fingerprint density at radius 2 is 1.91 bits per heavy atom. The van der Waals surface area contributed by atoms with Crippen LogP contribution >= 0.6 is 0 Å². The van der Waals surface area contributed by atoms with Gasteiger partial charge >= 0.3 is 18.1 Å². The van der Waals surface area contributed by atoms with Gasteiger partial charge in [-0.15, -0.1) is 0 Å². The third-order valence-electron chi connectivity index (χ3n) is 7.78. The van der Waals surface area contributed by atoms with Crippen molar-refractivity contribution in [3.8, 4) is 11.8 Å². The Kier molecular flexibility index (Phi) is 7.43. The first-order valence-corrected chi connectivity index (χ1v) is 13.8. The number of nitrogens with two attached hydrogens (primary N) is 1. The van der Waals surface area contributed by atoms with Crippen LogP contribution in [0, 0.1) is 18.7 Å². The number of nitrogens with zero attached hydrogens (tertiary/aromatic N) is 7. The number of aryl methyl sites for hydroxylation is 1. The minimum Gasteiger partial charge on any atom is -0.427 e. The maximum Gasteiger partial charge on any atom is 0.416 e. The molecule has 3 aromatic heterocycles. The van der Waals surface area contributed by atoms with Gasteiger partial charge in [0.05, 0.1) is 35.5 Å². The number of rotatable bonds is 8. The molecule has 4 aromatic rings. The van der Waals surface area contributed by atoms with E-state index in [2.05, 4.69) is 24.8 Å². The van der Waals surface area contributed by atoms with Gasteiger partial charge in [0.1, 0.15) is 23.1 Å². The zero-order chi connectivity index (χ0) is 30.4. The van der Waals surface area contributed by atoms with E-state index >= 15 is 4.39 Å². The second kappa shape index (κ2) is 11.2. The van der Waals surface area contributed by atoms with Crippen molar-refractivity contribution >= 4 is 45.5 Å². The molecule has 0 radical (unpaired) electrons. The molecule has 1 aliphatic heterocycles. The number of piperidine rings is 1.